The van der Waals surface area contributed by atoms with E-state index in [1.54, 1.807) is 0 Å². The topological polar surface area (TPSA) is 32.8 Å². The van der Waals surface area contributed by atoms with Crippen molar-refractivity contribution in [2.24, 2.45) is 0 Å². The summed E-state index contributed by atoms with van der Waals surface area (Å²) in [7, 11) is 3.85. The number of carbonyl (C=O) groups excluding carboxylic acids is 1. The molecule has 1 aliphatic heterocycles. The summed E-state index contributed by atoms with van der Waals surface area (Å²) in [6.45, 7) is 3.44. The van der Waals surface area contributed by atoms with Crippen molar-refractivity contribution in [2.45, 2.75) is 32.2 Å². The Balaban J connectivity index is 2.52. The molecule has 1 rings (SSSR count). The van der Waals surface area contributed by atoms with E-state index in [9.17, 15) is 4.79 Å². The largest absolute Gasteiger partial charge is 0.298 e. The van der Waals surface area contributed by atoms with E-state index in [0.717, 1.165) is 25.8 Å². The standard InChI is InChI=1S/C10H20N2O2/c1-4-9(11(2)3)10(13)12-7-5-6-8-14-12/h9H,4-8H2,1-3H3. The maximum absolute atomic E-state index is 11.9. The second-order valence-corrected chi connectivity index (χ2v) is 3.87. The average molecular weight is 200 g/mol. The van der Waals surface area contributed by atoms with Crippen LogP contribution in [0.15, 0.2) is 0 Å². The van der Waals surface area contributed by atoms with Gasteiger partial charge in [0.05, 0.1) is 12.6 Å². The zero-order chi connectivity index (χ0) is 10.6. The Morgan fingerprint density at radius 3 is 2.64 bits per heavy atom. The first-order valence-electron chi connectivity index (χ1n) is 5.27. The Morgan fingerprint density at radius 1 is 1.50 bits per heavy atom. The van der Waals surface area contributed by atoms with Crippen LogP contribution >= 0.6 is 0 Å². The maximum Gasteiger partial charge on any atom is 0.263 e. The van der Waals surface area contributed by atoms with Gasteiger partial charge in [-0.1, -0.05) is 6.92 Å². The number of rotatable bonds is 3. The van der Waals surface area contributed by atoms with Crippen molar-refractivity contribution in [3.8, 4) is 0 Å². The monoisotopic (exact) mass is 200 g/mol. The van der Waals surface area contributed by atoms with Crippen LogP contribution in [0.2, 0.25) is 0 Å². The highest BCUT2D eigenvalue weighted by Gasteiger charge is 2.26. The fourth-order valence-electron chi connectivity index (χ4n) is 1.70. The summed E-state index contributed by atoms with van der Waals surface area (Å²) in [6, 6.07) is -0.0481. The van der Waals surface area contributed by atoms with Crippen molar-refractivity contribution in [1.82, 2.24) is 9.96 Å². The summed E-state index contributed by atoms with van der Waals surface area (Å²) >= 11 is 0. The highest BCUT2D eigenvalue weighted by Crippen LogP contribution is 2.11. The van der Waals surface area contributed by atoms with Crippen LogP contribution < -0.4 is 0 Å². The third kappa shape index (κ3) is 2.69. The summed E-state index contributed by atoms with van der Waals surface area (Å²) in [6.07, 6.45) is 2.93. The molecule has 0 saturated carbocycles. The van der Waals surface area contributed by atoms with E-state index in [-0.39, 0.29) is 11.9 Å². The van der Waals surface area contributed by atoms with Gasteiger partial charge in [0.2, 0.25) is 0 Å². The molecule has 1 atom stereocenters. The summed E-state index contributed by atoms with van der Waals surface area (Å²) in [5.41, 5.74) is 0. The molecular weight excluding hydrogens is 180 g/mol. The Labute approximate surface area is 85.8 Å². The van der Waals surface area contributed by atoms with Gasteiger partial charge in [-0.3, -0.25) is 14.5 Å². The van der Waals surface area contributed by atoms with E-state index in [4.69, 9.17) is 4.84 Å². The van der Waals surface area contributed by atoms with Crippen LogP contribution in [0.4, 0.5) is 0 Å². The molecule has 0 aromatic heterocycles. The molecule has 1 fully saturated rings. The maximum atomic E-state index is 11.9. The van der Waals surface area contributed by atoms with Gasteiger partial charge in [0.25, 0.3) is 5.91 Å². The zero-order valence-electron chi connectivity index (χ0n) is 9.32. The average Bonchev–Trinajstić information content (AvgIpc) is 2.19. The molecule has 1 amide bonds. The van der Waals surface area contributed by atoms with Crippen molar-refractivity contribution < 1.29 is 9.63 Å². The van der Waals surface area contributed by atoms with E-state index in [1.807, 2.05) is 25.9 Å². The lowest BCUT2D eigenvalue weighted by Crippen LogP contribution is -2.47. The molecule has 0 N–H and O–H groups in total. The summed E-state index contributed by atoms with van der Waals surface area (Å²) in [5, 5.41) is 1.53. The van der Waals surface area contributed by atoms with Crippen LogP contribution in [0, 0.1) is 0 Å². The van der Waals surface area contributed by atoms with Crippen LogP contribution in [0.5, 0.6) is 0 Å². The number of hydrogen-bond donors (Lipinski definition) is 0. The predicted molar refractivity (Wildman–Crippen MR) is 54.7 cm³/mol. The normalized spacial score (nSPS) is 19.9. The second kappa shape index (κ2) is 5.32. The molecule has 0 aromatic rings. The third-order valence-corrected chi connectivity index (χ3v) is 2.54. The summed E-state index contributed by atoms with van der Waals surface area (Å²) in [4.78, 5) is 19.2. The molecular formula is C10H20N2O2. The summed E-state index contributed by atoms with van der Waals surface area (Å²) < 4.78 is 0. The molecule has 4 heteroatoms. The van der Waals surface area contributed by atoms with Crippen molar-refractivity contribution in [3.63, 3.8) is 0 Å². The van der Waals surface area contributed by atoms with Gasteiger partial charge in [0.1, 0.15) is 0 Å². The lowest BCUT2D eigenvalue weighted by atomic mass is 10.2. The molecule has 1 heterocycles. The van der Waals surface area contributed by atoms with Crippen LogP contribution in [-0.4, -0.2) is 49.2 Å². The van der Waals surface area contributed by atoms with Crippen molar-refractivity contribution >= 4 is 5.91 Å². The number of likely N-dealkylation sites (N-methyl/N-ethyl adjacent to an activating group) is 1. The number of nitrogens with zero attached hydrogens (tertiary/aromatic N) is 2. The number of hydrogen-bond acceptors (Lipinski definition) is 3. The minimum atomic E-state index is -0.0481. The molecule has 1 saturated heterocycles. The van der Waals surface area contributed by atoms with Gasteiger partial charge in [-0.25, -0.2) is 5.06 Å². The van der Waals surface area contributed by atoms with Crippen LogP contribution in [-0.2, 0) is 9.63 Å². The molecule has 1 unspecified atom stereocenters. The van der Waals surface area contributed by atoms with E-state index in [2.05, 4.69) is 0 Å². The van der Waals surface area contributed by atoms with E-state index >= 15 is 0 Å². The van der Waals surface area contributed by atoms with E-state index < -0.39 is 0 Å². The number of hydroxylamine groups is 2. The molecule has 0 bridgehead atoms. The first kappa shape index (κ1) is 11.5. The highest BCUT2D eigenvalue weighted by atomic mass is 16.7. The number of carbonyl (C=O) groups is 1. The van der Waals surface area contributed by atoms with Crippen LogP contribution in [0.25, 0.3) is 0 Å². The highest BCUT2D eigenvalue weighted by molar-refractivity contribution is 5.80. The van der Waals surface area contributed by atoms with Crippen LogP contribution in [0.3, 0.4) is 0 Å². The molecule has 0 aromatic carbocycles. The van der Waals surface area contributed by atoms with Gasteiger partial charge in [-0.2, -0.15) is 0 Å². The van der Waals surface area contributed by atoms with Gasteiger partial charge in [-0.05, 0) is 33.4 Å². The first-order valence-corrected chi connectivity index (χ1v) is 5.27. The molecule has 0 aliphatic carbocycles. The van der Waals surface area contributed by atoms with Gasteiger partial charge in [0, 0.05) is 6.54 Å². The second-order valence-electron chi connectivity index (χ2n) is 3.87. The fourth-order valence-corrected chi connectivity index (χ4v) is 1.70. The Morgan fingerprint density at radius 2 is 2.21 bits per heavy atom. The molecule has 0 spiro atoms. The van der Waals surface area contributed by atoms with E-state index in [1.165, 1.54) is 5.06 Å². The minimum absolute atomic E-state index is 0.0481. The molecule has 4 nitrogen and oxygen atoms in total. The van der Waals surface area contributed by atoms with Crippen molar-refractivity contribution in [3.05, 3.63) is 0 Å². The Kier molecular flexibility index (Phi) is 4.35. The molecule has 82 valence electrons. The van der Waals surface area contributed by atoms with Gasteiger partial charge < -0.3 is 0 Å². The lowest BCUT2D eigenvalue weighted by molar-refractivity contribution is -0.201. The van der Waals surface area contributed by atoms with Gasteiger partial charge in [0.15, 0.2) is 0 Å². The van der Waals surface area contributed by atoms with Gasteiger partial charge >= 0.3 is 0 Å². The first-order chi connectivity index (χ1) is 6.66. The third-order valence-electron chi connectivity index (χ3n) is 2.54. The van der Waals surface area contributed by atoms with E-state index in [0.29, 0.717) is 6.61 Å². The fraction of sp³-hybridized carbons (Fsp3) is 0.900. The minimum Gasteiger partial charge on any atom is -0.298 e. The zero-order valence-corrected chi connectivity index (χ0v) is 9.32. The number of amides is 1. The van der Waals surface area contributed by atoms with Crippen molar-refractivity contribution in [2.75, 3.05) is 27.2 Å². The summed E-state index contributed by atoms with van der Waals surface area (Å²) in [5.74, 6) is 0.0946. The quantitative estimate of drug-likeness (QED) is 0.678. The molecule has 14 heavy (non-hydrogen) atoms. The molecule has 1 aliphatic rings. The lowest BCUT2D eigenvalue weighted by Gasteiger charge is -2.31. The Hall–Kier alpha value is -0.610. The molecule has 0 radical (unpaired) electrons. The predicted octanol–water partition coefficient (Wildman–Crippen LogP) is 0.881. The SMILES string of the molecule is CCC(C(=O)N1CCCCO1)N(C)C. The smallest absolute Gasteiger partial charge is 0.263 e. The van der Waals surface area contributed by atoms with Gasteiger partial charge in [-0.15, -0.1) is 0 Å². The van der Waals surface area contributed by atoms with Crippen molar-refractivity contribution in [1.29, 1.82) is 0 Å². The Bertz CT molecular complexity index is 189. The van der Waals surface area contributed by atoms with Crippen LogP contribution in [0.1, 0.15) is 26.2 Å².